The van der Waals surface area contributed by atoms with Crippen LogP contribution in [0.1, 0.15) is 161 Å². The van der Waals surface area contributed by atoms with E-state index in [1.54, 1.807) is 0 Å². The van der Waals surface area contributed by atoms with Gasteiger partial charge in [0.1, 0.15) is 5.58 Å². The maximum absolute atomic E-state index is 7.37. The van der Waals surface area contributed by atoms with Crippen molar-refractivity contribution in [2.45, 2.75) is 170 Å². The quantitative estimate of drug-likeness (QED) is 0.128. The van der Waals surface area contributed by atoms with Gasteiger partial charge in [0.05, 0.1) is 17.4 Å². The molecule has 6 aliphatic rings. The van der Waals surface area contributed by atoms with E-state index in [0.717, 1.165) is 17.7 Å². The number of hydrogen-bond donors (Lipinski definition) is 0. The molecule has 4 aromatic carbocycles. The number of nitrogens with zero attached hydrogens (tertiary/aromatic N) is 2. The highest BCUT2D eigenvalue weighted by atomic mass is 16.3. The van der Waals surface area contributed by atoms with Crippen LogP contribution in [0.15, 0.2) is 77.2 Å². The lowest BCUT2D eigenvalue weighted by Gasteiger charge is -2.55. The number of para-hydroxylation sites is 1. The first-order chi connectivity index (χ1) is 29.0. The Bertz CT molecular complexity index is 2750. The molecule has 2 aliphatic heterocycles. The average Bonchev–Trinajstić information content (AvgIpc) is 3.59. The second kappa shape index (κ2) is 12.8. The first-order valence-corrected chi connectivity index (χ1v) is 24.3. The average molecular weight is 823 g/mol. The van der Waals surface area contributed by atoms with Gasteiger partial charge in [0.2, 0.25) is 0 Å². The topological polar surface area (TPSA) is 19.6 Å². The van der Waals surface area contributed by atoms with Crippen LogP contribution in [0.3, 0.4) is 0 Å². The van der Waals surface area contributed by atoms with E-state index in [4.69, 9.17) is 4.42 Å². The highest BCUT2D eigenvalue weighted by Crippen LogP contribution is 2.58. The summed E-state index contributed by atoms with van der Waals surface area (Å²) in [6, 6.07) is 24.7. The summed E-state index contributed by atoms with van der Waals surface area (Å²) in [5, 5.41) is 1.23. The van der Waals surface area contributed by atoms with Gasteiger partial charge in [-0.3, -0.25) is 0 Å². The van der Waals surface area contributed by atoms with Crippen LogP contribution in [0.5, 0.6) is 0 Å². The van der Waals surface area contributed by atoms with Gasteiger partial charge in [0.15, 0.2) is 0 Å². The summed E-state index contributed by atoms with van der Waals surface area (Å²) in [5.41, 5.74) is 21.2. The summed E-state index contributed by atoms with van der Waals surface area (Å²) in [6.07, 6.45) is 13.7. The van der Waals surface area contributed by atoms with Crippen LogP contribution in [0, 0.1) is 36.5 Å². The first kappa shape index (κ1) is 40.6. The predicted molar refractivity (Wildman–Crippen MR) is 266 cm³/mol. The lowest BCUT2D eigenvalue weighted by Crippen LogP contribution is -2.63. The Labute approximate surface area is 373 Å². The third kappa shape index (κ3) is 5.62. The minimum absolute atomic E-state index is 0.0321. The van der Waals surface area contributed by atoms with Crippen molar-refractivity contribution in [3.8, 4) is 0 Å². The van der Waals surface area contributed by atoms with Crippen molar-refractivity contribution < 1.29 is 4.42 Å². The Kier molecular flexibility index (Phi) is 8.35. The number of benzene rings is 4. The van der Waals surface area contributed by atoms with Crippen LogP contribution in [-0.4, -0.2) is 12.8 Å². The van der Waals surface area contributed by atoms with E-state index in [9.17, 15) is 0 Å². The van der Waals surface area contributed by atoms with Gasteiger partial charge in [-0.05, 0) is 184 Å². The zero-order valence-electron chi connectivity index (χ0n) is 40.5. The molecular weight excluding hydrogens is 751 g/mol. The number of furan rings is 1. The minimum Gasteiger partial charge on any atom is -0.468 e. The van der Waals surface area contributed by atoms with Crippen molar-refractivity contribution in [3.05, 3.63) is 106 Å². The van der Waals surface area contributed by atoms with Crippen molar-refractivity contribution in [3.63, 3.8) is 0 Å². The molecule has 11 rings (SSSR count). The molecule has 62 heavy (non-hydrogen) atoms. The molecule has 4 heteroatoms. The van der Waals surface area contributed by atoms with E-state index in [2.05, 4.69) is 180 Å². The van der Waals surface area contributed by atoms with Gasteiger partial charge < -0.3 is 14.2 Å². The van der Waals surface area contributed by atoms with Crippen molar-refractivity contribution in [2.75, 3.05) is 9.80 Å². The predicted octanol–water partition coefficient (Wildman–Crippen LogP) is 13.9. The third-order valence-corrected chi connectivity index (χ3v) is 18.3. The molecule has 4 aliphatic carbocycles. The number of aryl methyl sites for hydroxylation is 2. The zero-order valence-corrected chi connectivity index (χ0v) is 40.5. The summed E-state index contributed by atoms with van der Waals surface area (Å²) >= 11 is 0. The molecule has 0 bridgehead atoms. The molecule has 1 fully saturated rings. The van der Waals surface area contributed by atoms with Crippen molar-refractivity contribution in [1.29, 1.82) is 0 Å². The fourth-order valence-electron chi connectivity index (χ4n) is 13.9. The maximum Gasteiger partial charge on any atom is 0.297 e. The summed E-state index contributed by atoms with van der Waals surface area (Å²) < 4.78 is 7.37. The second-order valence-electron chi connectivity index (χ2n) is 25.1. The Morgan fingerprint density at radius 2 is 1.15 bits per heavy atom. The lowest BCUT2D eigenvalue weighted by molar-refractivity contribution is -0.00428. The molecule has 0 amide bonds. The van der Waals surface area contributed by atoms with Crippen LogP contribution in [0.2, 0.25) is 0 Å². The Hall–Kier alpha value is -4.18. The molecule has 3 atom stereocenters. The van der Waals surface area contributed by atoms with Crippen molar-refractivity contribution in [2.24, 2.45) is 22.7 Å². The van der Waals surface area contributed by atoms with Gasteiger partial charge in [-0.2, -0.15) is 0 Å². The Morgan fingerprint density at radius 1 is 0.581 bits per heavy atom. The van der Waals surface area contributed by atoms with Crippen molar-refractivity contribution in [1.82, 2.24) is 0 Å². The molecular formula is C58H71BN2O. The zero-order chi connectivity index (χ0) is 43.8. The van der Waals surface area contributed by atoms with Crippen LogP contribution in [0.25, 0.3) is 11.0 Å². The summed E-state index contributed by atoms with van der Waals surface area (Å²) in [7, 11) is 0. The summed E-state index contributed by atoms with van der Waals surface area (Å²) in [4.78, 5) is 5.50. The standard InChI is InChI=1S/C58H71BN2O/c1-34-27-47-50-48(28-34)61(45-32-42-39(29-35(45)2)54(5,6)23-25-57(42,11)12)46-33-43-41(56(9,10)24-26-58(43,13)14)31-44(46)59(50)52-51(37-17-15-16-18-49(37)62-52)60(47)36-19-20-38-40(30-36)55(7,8)22-21-53(38,3)4/h15-20,27-29,31-33,36,38,40H,21-26,30H2,1-14H3/t36?,38-,40?/m1/s1. The Morgan fingerprint density at radius 3 is 1.81 bits per heavy atom. The molecule has 0 radical (unpaired) electrons. The highest BCUT2D eigenvalue weighted by molar-refractivity contribution is 6.99. The molecule has 1 saturated carbocycles. The number of rotatable bonds is 2. The fraction of sp³-hybridized carbons (Fsp3) is 0.517. The highest BCUT2D eigenvalue weighted by Gasteiger charge is 2.53. The molecule has 0 spiro atoms. The smallest absolute Gasteiger partial charge is 0.297 e. The molecule has 5 aromatic rings. The molecule has 3 heterocycles. The summed E-state index contributed by atoms with van der Waals surface area (Å²) in [6.45, 7) is 34.7. The number of allylic oxidation sites excluding steroid dienone is 1. The number of fused-ring (bicyclic) bond motifs is 9. The van der Waals surface area contributed by atoms with E-state index >= 15 is 0 Å². The normalized spacial score (nSPS) is 26.2. The van der Waals surface area contributed by atoms with Crippen LogP contribution in [-0.2, 0) is 21.7 Å². The largest absolute Gasteiger partial charge is 0.468 e. The molecule has 0 N–H and O–H groups in total. The summed E-state index contributed by atoms with van der Waals surface area (Å²) in [5.74, 6) is 1.18. The third-order valence-electron chi connectivity index (χ3n) is 18.3. The van der Waals surface area contributed by atoms with Gasteiger partial charge >= 0.3 is 0 Å². The maximum atomic E-state index is 7.37. The van der Waals surface area contributed by atoms with Gasteiger partial charge in [-0.25, -0.2) is 0 Å². The second-order valence-corrected chi connectivity index (χ2v) is 25.1. The Balaban J connectivity index is 1.23. The molecule has 0 saturated heterocycles. The van der Waals surface area contributed by atoms with Crippen LogP contribution < -0.4 is 26.4 Å². The SMILES string of the molecule is Cc1cc2c3c(c1)N(C1C=C[C@@H]4C(C1)C(C)(C)CCC4(C)C)c1c(oc4ccccc14)B3c1cc3c(cc1N2c1cc2c(cc1C)C(C)(C)CCC2(C)C)C(C)(C)CCC3(C)C. The van der Waals surface area contributed by atoms with Crippen LogP contribution in [0.4, 0.5) is 28.4 Å². The van der Waals surface area contributed by atoms with Gasteiger partial charge in [0.25, 0.3) is 6.71 Å². The molecule has 2 unspecified atom stereocenters. The van der Waals surface area contributed by atoms with E-state index in [-0.39, 0.29) is 39.8 Å². The first-order valence-electron chi connectivity index (χ1n) is 24.3. The van der Waals surface area contributed by atoms with Crippen molar-refractivity contribution >= 4 is 62.7 Å². The van der Waals surface area contributed by atoms with E-state index in [1.807, 2.05) is 0 Å². The van der Waals surface area contributed by atoms with Gasteiger partial charge in [-0.15, -0.1) is 0 Å². The number of anilines is 5. The fourth-order valence-corrected chi connectivity index (χ4v) is 13.9. The molecule has 1 aromatic heterocycles. The van der Waals surface area contributed by atoms with E-state index in [1.165, 1.54) is 117 Å². The molecule has 322 valence electrons. The van der Waals surface area contributed by atoms with E-state index < -0.39 is 0 Å². The molecule has 3 nitrogen and oxygen atoms in total. The monoisotopic (exact) mass is 823 g/mol. The minimum atomic E-state index is -0.0321. The van der Waals surface area contributed by atoms with E-state index in [0.29, 0.717) is 17.3 Å². The van der Waals surface area contributed by atoms with Gasteiger partial charge in [-0.1, -0.05) is 120 Å². The van der Waals surface area contributed by atoms with Crippen LogP contribution >= 0.6 is 0 Å². The van der Waals surface area contributed by atoms with Gasteiger partial charge in [0, 0.05) is 28.1 Å². The lowest BCUT2D eigenvalue weighted by atomic mass is 9.35. The number of hydrogen-bond acceptors (Lipinski definition) is 3.